The molecule has 0 radical (unpaired) electrons. The van der Waals surface area contributed by atoms with Gasteiger partial charge >= 0.3 is 0 Å². The number of anilines is 1. The fraction of sp³-hybridized carbons (Fsp3) is 0.545. The Balaban J connectivity index is 2.46. The summed E-state index contributed by atoms with van der Waals surface area (Å²) in [7, 11) is 1.78. The molecule has 1 aromatic heterocycles. The number of pyridine rings is 1. The van der Waals surface area contributed by atoms with Gasteiger partial charge in [-0.1, -0.05) is 6.07 Å². The lowest BCUT2D eigenvalue weighted by Gasteiger charge is -2.17. The fourth-order valence-electron chi connectivity index (χ4n) is 1.55. The van der Waals surface area contributed by atoms with Crippen LogP contribution in [0.5, 0.6) is 0 Å². The number of aromatic nitrogens is 1. The molecule has 0 fully saturated rings. The largest absolute Gasteiger partial charge is 0.383 e. The molecule has 0 bridgehead atoms. The number of rotatable bonds is 7. The van der Waals surface area contributed by atoms with E-state index in [-0.39, 0.29) is 12.6 Å². The highest BCUT2D eigenvalue weighted by molar-refractivity contribution is 5.40. The fourth-order valence-corrected chi connectivity index (χ4v) is 1.55. The van der Waals surface area contributed by atoms with Crippen LogP contribution in [0.3, 0.4) is 0 Å². The van der Waals surface area contributed by atoms with Crippen LogP contribution in [0, 0.1) is 0 Å². The number of hydrogen-bond donors (Lipinski definition) is 2. The van der Waals surface area contributed by atoms with Gasteiger partial charge in [0, 0.05) is 24.4 Å². The monoisotopic (exact) mass is 245 g/mol. The lowest BCUT2D eigenvalue weighted by molar-refractivity contribution is 0.0145. The molecule has 0 saturated heterocycles. The first kappa shape index (κ1) is 13.8. The van der Waals surface area contributed by atoms with E-state index in [1.54, 1.807) is 19.3 Å². The number of nitrogens with zero attached hydrogens (tertiary/aromatic N) is 1. The molecule has 3 N–H and O–H groups in total. The van der Waals surface area contributed by atoms with Crippen LogP contribution in [0.25, 0.3) is 0 Å². The molecule has 1 atom stereocenters. The molecule has 0 aliphatic carbocycles. The molecular weight excluding hydrogens is 228 g/mol. The van der Waals surface area contributed by atoms with Gasteiger partial charge in [-0.15, -0.1) is 0 Å². The number of alkyl halides is 2. The second-order valence-corrected chi connectivity index (χ2v) is 3.57. The molecule has 1 unspecified atom stereocenters. The molecule has 0 amide bonds. The molecule has 1 heterocycles. The van der Waals surface area contributed by atoms with E-state index in [0.29, 0.717) is 12.2 Å². The van der Waals surface area contributed by atoms with Gasteiger partial charge in [0.25, 0.3) is 6.43 Å². The molecule has 1 aromatic rings. The smallest absolute Gasteiger partial charge is 0.261 e. The van der Waals surface area contributed by atoms with E-state index >= 15 is 0 Å². The van der Waals surface area contributed by atoms with Crippen molar-refractivity contribution in [1.29, 1.82) is 0 Å². The third-order valence-electron chi connectivity index (χ3n) is 2.39. The quantitative estimate of drug-likeness (QED) is 0.716. The maximum absolute atomic E-state index is 11.9. The summed E-state index contributed by atoms with van der Waals surface area (Å²) in [6, 6.07) is 3.61. The van der Waals surface area contributed by atoms with E-state index in [2.05, 4.69) is 10.3 Å². The Morgan fingerprint density at radius 2 is 2.29 bits per heavy atom. The van der Waals surface area contributed by atoms with Crippen LogP contribution in [0.2, 0.25) is 0 Å². The summed E-state index contributed by atoms with van der Waals surface area (Å²) in [5.74, 6) is 0.445. The van der Waals surface area contributed by atoms with Gasteiger partial charge < -0.3 is 15.8 Å². The summed E-state index contributed by atoms with van der Waals surface area (Å²) in [4.78, 5) is 3.98. The molecule has 96 valence electrons. The van der Waals surface area contributed by atoms with Crippen molar-refractivity contribution < 1.29 is 13.5 Å². The van der Waals surface area contributed by atoms with Crippen LogP contribution >= 0.6 is 0 Å². The maximum Gasteiger partial charge on any atom is 0.261 e. The van der Waals surface area contributed by atoms with E-state index in [0.717, 1.165) is 5.56 Å². The summed E-state index contributed by atoms with van der Waals surface area (Å²) in [5, 5.41) is 3.06. The van der Waals surface area contributed by atoms with Crippen molar-refractivity contribution in [1.82, 2.24) is 10.3 Å². The van der Waals surface area contributed by atoms with Crippen molar-refractivity contribution in [3.05, 3.63) is 23.9 Å². The Hall–Kier alpha value is -1.27. The maximum atomic E-state index is 11.9. The Kier molecular flexibility index (Phi) is 5.79. The topological polar surface area (TPSA) is 60.2 Å². The first-order valence-corrected chi connectivity index (χ1v) is 5.38. The van der Waals surface area contributed by atoms with Crippen LogP contribution in [0.4, 0.5) is 14.6 Å². The van der Waals surface area contributed by atoms with Crippen molar-refractivity contribution in [2.24, 2.45) is 0 Å². The summed E-state index contributed by atoms with van der Waals surface area (Å²) in [6.45, 7) is -0.275. The number of ether oxygens (including phenoxy) is 1. The lowest BCUT2D eigenvalue weighted by atomic mass is 10.1. The van der Waals surface area contributed by atoms with Crippen molar-refractivity contribution in [3.63, 3.8) is 0 Å². The predicted molar refractivity (Wildman–Crippen MR) is 61.9 cm³/mol. The predicted octanol–water partition coefficient (Wildman–Crippen LogP) is 1.60. The Morgan fingerprint density at radius 3 is 2.88 bits per heavy atom. The SMILES string of the molecule is CNC(CCOCC(F)F)c1cccnc1N. The summed E-state index contributed by atoms with van der Waals surface area (Å²) in [5.41, 5.74) is 6.59. The molecule has 0 spiro atoms. The number of hydrogen-bond acceptors (Lipinski definition) is 4. The van der Waals surface area contributed by atoms with Crippen molar-refractivity contribution in [3.8, 4) is 0 Å². The van der Waals surface area contributed by atoms with Crippen molar-refractivity contribution >= 4 is 5.82 Å². The summed E-state index contributed by atoms with van der Waals surface area (Å²) < 4.78 is 28.6. The van der Waals surface area contributed by atoms with Gasteiger partial charge in [-0.05, 0) is 19.5 Å². The summed E-state index contributed by atoms with van der Waals surface area (Å²) >= 11 is 0. The van der Waals surface area contributed by atoms with Gasteiger partial charge in [-0.2, -0.15) is 0 Å². The van der Waals surface area contributed by atoms with Crippen LogP contribution in [0.1, 0.15) is 18.0 Å². The number of halogens is 2. The van der Waals surface area contributed by atoms with Crippen molar-refractivity contribution in [2.75, 3.05) is 26.0 Å². The zero-order valence-corrected chi connectivity index (χ0v) is 9.70. The van der Waals surface area contributed by atoms with E-state index in [9.17, 15) is 8.78 Å². The Bertz CT molecular complexity index is 336. The molecule has 0 aromatic carbocycles. The van der Waals surface area contributed by atoms with Gasteiger partial charge in [0.1, 0.15) is 12.4 Å². The second-order valence-electron chi connectivity index (χ2n) is 3.57. The molecule has 1 rings (SSSR count). The molecule has 0 saturated carbocycles. The number of nitrogens with two attached hydrogens (primary N) is 1. The minimum atomic E-state index is -2.42. The van der Waals surface area contributed by atoms with Crippen LogP contribution in [0.15, 0.2) is 18.3 Å². The first-order valence-electron chi connectivity index (χ1n) is 5.38. The average Bonchev–Trinajstić information content (AvgIpc) is 2.30. The first-order chi connectivity index (χ1) is 8.15. The van der Waals surface area contributed by atoms with Gasteiger partial charge in [-0.3, -0.25) is 0 Å². The third-order valence-corrected chi connectivity index (χ3v) is 2.39. The summed E-state index contributed by atoms with van der Waals surface area (Å²) in [6.07, 6.45) is -0.246. The molecule has 4 nitrogen and oxygen atoms in total. The van der Waals surface area contributed by atoms with Gasteiger partial charge in [0.15, 0.2) is 0 Å². The lowest BCUT2D eigenvalue weighted by Crippen LogP contribution is -2.20. The van der Waals surface area contributed by atoms with Crippen LogP contribution in [-0.4, -0.2) is 31.7 Å². The van der Waals surface area contributed by atoms with Gasteiger partial charge in [-0.25, -0.2) is 13.8 Å². The molecule has 17 heavy (non-hydrogen) atoms. The Labute approximate surface area is 99.2 Å². The average molecular weight is 245 g/mol. The standard InChI is InChI=1S/C11H17F2N3O/c1-15-9(4-6-17-7-10(12)13)8-3-2-5-16-11(8)14/h2-3,5,9-10,15H,4,6-7H2,1H3,(H2,14,16). The molecule has 0 aliphatic rings. The highest BCUT2D eigenvalue weighted by Crippen LogP contribution is 2.20. The number of nitrogens with one attached hydrogen (secondary N) is 1. The van der Waals surface area contributed by atoms with E-state index in [1.807, 2.05) is 6.07 Å². The normalized spacial score (nSPS) is 12.9. The minimum Gasteiger partial charge on any atom is -0.383 e. The zero-order valence-electron chi connectivity index (χ0n) is 9.70. The molecule has 6 heteroatoms. The van der Waals surface area contributed by atoms with Crippen LogP contribution < -0.4 is 11.1 Å². The Morgan fingerprint density at radius 1 is 1.53 bits per heavy atom. The third kappa shape index (κ3) is 4.62. The highest BCUT2D eigenvalue weighted by atomic mass is 19.3. The highest BCUT2D eigenvalue weighted by Gasteiger charge is 2.13. The van der Waals surface area contributed by atoms with E-state index in [4.69, 9.17) is 10.5 Å². The van der Waals surface area contributed by atoms with Crippen LogP contribution in [-0.2, 0) is 4.74 Å². The van der Waals surface area contributed by atoms with Crippen molar-refractivity contribution in [2.45, 2.75) is 18.9 Å². The van der Waals surface area contributed by atoms with Gasteiger partial charge in [0.05, 0.1) is 0 Å². The molecule has 0 aliphatic heterocycles. The minimum absolute atomic E-state index is 0.0404. The van der Waals surface area contributed by atoms with E-state index < -0.39 is 13.0 Å². The second kappa shape index (κ2) is 7.13. The number of nitrogen functional groups attached to an aromatic ring is 1. The molecular formula is C11H17F2N3O. The van der Waals surface area contributed by atoms with E-state index in [1.165, 1.54) is 0 Å². The van der Waals surface area contributed by atoms with Gasteiger partial charge in [0.2, 0.25) is 0 Å². The zero-order chi connectivity index (χ0) is 12.7.